The maximum absolute atomic E-state index is 11.7. The molecular weight excluding hydrogens is 260 g/mol. The number of hydrogen-bond donors (Lipinski definition) is 1. The van der Waals surface area contributed by atoms with Crippen LogP contribution in [0, 0.1) is 5.92 Å². The van der Waals surface area contributed by atoms with Crippen molar-refractivity contribution in [3.8, 4) is 0 Å². The maximum atomic E-state index is 11.7. The van der Waals surface area contributed by atoms with Gasteiger partial charge in [-0.15, -0.1) is 0 Å². The highest BCUT2D eigenvalue weighted by Gasteiger charge is 2.18. The first-order valence-electron chi connectivity index (χ1n) is 4.50. The van der Waals surface area contributed by atoms with Crippen molar-refractivity contribution in [3.05, 3.63) is 33.8 Å². The van der Waals surface area contributed by atoms with Gasteiger partial charge in [-0.1, -0.05) is 29.8 Å². The molecule has 0 amide bonds. The number of carbonyl (C=O) groups is 2. The summed E-state index contributed by atoms with van der Waals surface area (Å²) in [6.45, 7) is 3.49. The lowest BCUT2D eigenvalue weighted by atomic mass is 9.96. The summed E-state index contributed by atoms with van der Waals surface area (Å²) >= 11 is 3.22. The highest BCUT2D eigenvalue weighted by molar-refractivity contribution is 9.10. The second-order valence-electron chi connectivity index (χ2n) is 3.51. The Labute approximate surface area is 96.2 Å². The van der Waals surface area contributed by atoms with Gasteiger partial charge in [-0.2, -0.15) is 0 Å². The monoisotopic (exact) mass is 270 g/mol. The molecule has 0 atom stereocenters. The second kappa shape index (κ2) is 4.57. The molecule has 0 aliphatic carbocycles. The van der Waals surface area contributed by atoms with Gasteiger partial charge in [0.2, 0.25) is 0 Å². The molecule has 0 radical (unpaired) electrons. The number of hydrogen-bond acceptors (Lipinski definition) is 2. The first kappa shape index (κ1) is 11.9. The summed E-state index contributed by atoms with van der Waals surface area (Å²) in [5.74, 6) is -1.45. The normalized spacial score (nSPS) is 10.4. The minimum absolute atomic E-state index is 0.0527. The van der Waals surface area contributed by atoms with Crippen LogP contribution >= 0.6 is 15.9 Å². The molecule has 80 valence electrons. The Morgan fingerprint density at radius 3 is 2.33 bits per heavy atom. The fourth-order valence-electron chi connectivity index (χ4n) is 1.22. The lowest BCUT2D eigenvalue weighted by Crippen LogP contribution is -2.13. The van der Waals surface area contributed by atoms with Crippen molar-refractivity contribution >= 4 is 27.7 Å². The SMILES string of the molecule is CC(C)C(=O)c1cc(Br)ccc1C(=O)O. The summed E-state index contributed by atoms with van der Waals surface area (Å²) in [5.41, 5.74) is 0.309. The van der Waals surface area contributed by atoms with Crippen molar-refractivity contribution in [2.45, 2.75) is 13.8 Å². The van der Waals surface area contributed by atoms with E-state index in [0.29, 0.717) is 4.47 Å². The van der Waals surface area contributed by atoms with Gasteiger partial charge in [0.1, 0.15) is 0 Å². The van der Waals surface area contributed by atoms with Crippen LogP contribution < -0.4 is 0 Å². The summed E-state index contributed by atoms with van der Waals surface area (Å²) in [5, 5.41) is 8.92. The third-order valence-corrected chi connectivity index (χ3v) is 2.50. The number of halogens is 1. The molecule has 0 bridgehead atoms. The molecule has 0 heterocycles. The van der Waals surface area contributed by atoms with Crippen LogP contribution in [0.4, 0.5) is 0 Å². The first-order valence-corrected chi connectivity index (χ1v) is 5.30. The molecule has 1 aromatic carbocycles. The maximum Gasteiger partial charge on any atom is 0.336 e. The summed E-state index contributed by atoms with van der Waals surface area (Å²) in [6.07, 6.45) is 0. The van der Waals surface area contributed by atoms with Crippen molar-refractivity contribution in [1.82, 2.24) is 0 Å². The minimum atomic E-state index is -1.08. The molecule has 0 spiro atoms. The van der Waals surface area contributed by atoms with Gasteiger partial charge in [0, 0.05) is 16.0 Å². The Kier molecular flexibility index (Phi) is 3.63. The average molecular weight is 271 g/mol. The number of ketones is 1. The second-order valence-corrected chi connectivity index (χ2v) is 4.43. The summed E-state index contributed by atoms with van der Waals surface area (Å²) in [6, 6.07) is 4.59. The van der Waals surface area contributed by atoms with Gasteiger partial charge < -0.3 is 5.11 Å². The predicted molar refractivity (Wildman–Crippen MR) is 60.3 cm³/mol. The molecule has 4 heteroatoms. The van der Waals surface area contributed by atoms with Crippen molar-refractivity contribution in [1.29, 1.82) is 0 Å². The fourth-order valence-corrected chi connectivity index (χ4v) is 1.58. The van der Waals surface area contributed by atoms with Gasteiger partial charge >= 0.3 is 5.97 Å². The number of Topliss-reactive ketones (excluding diaryl/α,β-unsaturated/α-hetero) is 1. The van der Waals surface area contributed by atoms with Gasteiger partial charge in [-0.25, -0.2) is 4.79 Å². The summed E-state index contributed by atoms with van der Waals surface area (Å²) < 4.78 is 0.705. The van der Waals surface area contributed by atoms with E-state index < -0.39 is 5.97 Å². The molecule has 0 unspecified atom stereocenters. The smallest absolute Gasteiger partial charge is 0.336 e. The van der Waals surface area contributed by atoms with E-state index in [4.69, 9.17) is 5.11 Å². The van der Waals surface area contributed by atoms with E-state index in [2.05, 4.69) is 15.9 Å². The zero-order valence-electron chi connectivity index (χ0n) is 8.45. The van der Waals surface area contributed by atoms with Crippen LogP contribution in [0.5, 0.6) is 0 Å². The summed E-state index contributed by atoms with van der Waals surface area (Å²) in [7, 11) is 0. The quantitative estimate of drug-likeness (QED) is 0.860. The lowest BCUT2D eigenvalue weighted by Gasteiger charge is -2.08. The van der Waals surface area contributed by atoms with Crippen LogP contribution in [0.15, 0.2) is 22.7 Å². The van der Waals surface area contributed by atoms with Gasteiger partial charge in [-0.3, -0.25) is 4.79 Å². The zero-order chi connectivity index (χ0) is 11.6. The largest absolute Gasteiger partial charge is 0.478 e. The topological polar surface area (TPSA) is 54.4 Å². The standard InChI is InChI=1S/C11H11BrO3/c1-6(2)10(13)9-5-7(12)3-4-8(9)11(14)15/h3-6H,1-2H3,(H,14,15). The number of benzene rings is 1. The first-order chi connectivity index (χ1) is 6.93. The molecule has 3 nitrogen and oxygen atoms in total. The van der Waals surface area contributed by atoms with Crippen LogP contribution in [-0.2, 0) is 0 Å². The number of rotatable bonds is 3. The molecule has 1 rings (SSSR count). The van der Waals surface area contributed by atoms with Crippen molar-refractivity contribution in [2.75, 3.05) is 0 Å². The van der Waals surface area contributed by atoms with Gasteiger partial charge in [0.15, 0.2) is 5.78 Å². The minimum Gasteiger partial charge on any atom is -0.478 e. The third-order valence-electron chi connectivity index (χ3n) is 2.00. The Morgan fingerprint density at radius 1 is 1.27 bits per heavy atom. The molecule has 0 aliphatic rings. The van der Waals surface area contributed by atoms with E-state index in [0.717, 1.165) is 0 Å². The van der Waals surface area contributed by atoms with E-state index in [1.807, 2.05) is 0 Å². The molecule has 0 aromatic heterocycles. The highest BCUT2D eigenvalue weighted by Crippen LogP contribution is 2.19. The van der Waals surface area contributed by atoms with E-state index in [-0.39, 0.29) is 22.8 Å². The molecule has 0 fully saturated rings. The van der Waals surface area contributed by atoms with Crippen LogP contribution in [0.2, 0.25) is 0 Å². The van der Waals surface area contributed by atoms with E-state index in [1.54, 1.807) is 26.0 Å². The molecule has 1 aromatic rings. The van der Waals surface area contributed by atoms with Gasteiger partial charge in [0.25, 0.3) is 0 Å². The number of carboxylic acid groups (broad SMARTS) is 1. The Balaban J connectivity index is 3.30. The number of carboxylic acids is 1. The molecule has 0 saturated heterocycles. The molecule has 0 aliphatic heterocycles. The van der Waals surface area contributed by atoms with Gasteiger partial charge in [0.05, 0.1) is 5.56 Å². The average Bonchev–Trinajstić information content (AvgIpc) is 2.15. The van der Waals surface area contributed by atoms with Crippen LogP contribution in [0.3, 0.4) is 0 Å². The van der Waals surface area contributed by atoms with Crippen LogP contribution in [0.1, 0.15) is 34.6 Å². The zero-order valence-corrected chi connectivity index (χ0v) is 10.0. The summed E-state index contributed by atoms with van der Waals surface area (Å²) in [4.78, 5) is 22.6. The van der Waals surface area contributed by atoms with Crippen molar-refractivity contribution in [2.24, 2.45) is 5.92 Å². The fraction of sp³-hybridized carbons (Fsp3) is 0.273. The van der Waals surface area contributed by atoms with Crippen molar-refractivity contribution < 1.29 is 14.7 Å². The van der Waals surface area contributed by atoms with Crippen molar-refractivity contribution in [3.63, 3.8) is 0 Å². The third kappa shape index (κ3) is 2.65. The molecule has 1 N–H and O–H groups in total. The lowest BCUT2D eigenvalue weighted by molar-refractivity contribution is 0.0690. The van der Waals surface area contributed by atoms with Crippen LogP contribution in [0.25, 0.3) is 0 Å². The Bertz CT molecular complexity index is 410. The number of aromatic carboxylic acids is 1. The van der Waals surface area contributed by atoms with Gasteiger partial charge in [-0.05, 0) is 18.2 Å². The molecule has 15 heavy (non-hydrogen) atoms. The van der Waals surface area contributed by atoms with E-state index in [1.165, 1.54) is 6.07 Å². The number of carbonyl (C=O) groups excluding carboxylic acids is 1. The Hall–Kier alpha value is -1.16. The van der Waals surface area contributed by atoms with Crippen LogP contribution in [-0.4, -0.2) is 16.9 Å². The highest BCUT2D eigenvalue weighted by atomic mass is 79.9. The van der Waals surface area contributed by atoms with E-state index in [9.17, 15) is 9.59 Å². The predicted octanol–water partition coefficient (Wildman–Crippen LogP) is 2.99. The Morgan fingerprint density at radius 2 is 1.87 bits per heavy atom. The molecular formula is C11H11BrO3. The van der Waals surface area contributed by atoms with E-state index >= 15 is 0 Å². The molecule has 0 saturated carbocycles.